The lowest BCUT2D eigenvalue weighted by molar-refractivity contribution is -0.0532. The van der Waals surface area contributed by atoms with Gasteiger partial charge in [-0.2, -0.15) is 0 Å². The number of halogens is 2. The molecule has 0 aromatic heterocycles. The molecule has 0 saturated heterocycles. The number of benzene rings is 4. The molecule has 4 aromatic carbocycles. The van der Waals surface area contributed by atoms with Gasteiger partial charge in [0.1, 0.15) is 6.10 Å². The highest BCUT2D eigenvalue weighted by atomic mass is 35.5. The second-order valence-corrected chi connectivity index (χ2v) is 10.3. The highest BCUT2D eigenvalue weighted by Crippen LogP contribution is 2.49. The van der Waals surface area contributed by atoms with Crippen molar-refractivity contribution >= 4 is 35.1 Å². The van der Waals surface area contributed by atoms with E-state index in [1.807, 2.05) is 62.4 Å². The van der Waals surface area contributed by atoms with Gasteiger partial charge in [0, 0.05) is 16.0 Å². The summed E-state index contributed by atoms with van der Waals surface area (Å²) in [6, 6.07) is 28.9. The summed E-state index contributed by atoms with van der Waals surface area (Å²) >= 11 is 13.5. The third-order valence-corrected chi connectivity index (χ3v) is 7.77. The van der Waals surface area contributed by atoms with Gasteiger partial charge in [-0.15, -0.1) is 0 Å². The van der Waals surface area contributed by atoms with E-state index in [4.69, 9.17) is 32.7 Å². The first-order valence-electron chi connectivity index (χ1n) is 12.4. The first kappa shape index (κ1) is 26.0. The van der Waals surface area contributed by atoms with Gasteiger partial charge in [0.2, 0.25) is 0 Å². The maximum Gasteiger partial charge on any atom is 0.338 e. The second-order valence-electron chi connectivity index (χ2n) is 9.45. The van der Waals surface area contributed by atoms with Gasteiger partial charge >= 0.3 is 11.9 Å². The molecule has 4 nitrogen and oxygen atoms in total. The number of rotatable bonds is 5. The molecule has 0 fully saturated rings. The van der Waals surface area contributed by atoms with E-state index < -0.39 is 30.1 Å². The summed E-state index contributed by atoms with van der Waals surface area (Å²) in [5, 5.41) is 1.09. The molecule has 192 valence electrons. The zero-order chi connectivity index (χ0) is 26.8. The lowest BCUT2D eigenvalue weighted by Crippen LogP contribution is -2.47. The minimum Gasteiger partial charge on any atom is -0.454 e. The van der Waals surface area contributed by atoms with Crippen LogP contribution in [0.1, 0.15) is 61.7 Å². The van der Waals surface area contributed by atoms with Crippen LogP contribution >= 0.6 is 23.2 Å². The molecule has 4 atom stereocenters. The zero-order valence-electron chi connectivity index (χ0n) is 20.9. The summed E-state index contributed by atoms with van der Waals surface area (Å²) in [5.41, 5.74) is 4.27. The van der Waals surface area contributed by atoms with Gasteiger partial charge < -0.3 is 9.47 Å². The Kier molecular flexibility index (Phi) is 7.55. The van der Waals surface area contributed by atoms with Crippen molar-refractivity contribution in [3.63, 3.8) is 0 Å². The third kappa shape index (κ3) is 4.94. The topological polar surface area (TPSA) is 52.6 Å². The molecule has 5 rings (SSSR count). The number of esters is 2. The Morgan fingerprint density at radius 3 is 1.68 bits per heavy atom. The summed E-state index contributed by atoms with van der Waals surface area (Å²) in [7, 11) is 0. The Morgan fingerprint density at radius 1 is 0.632 bits per heavy atom. The quantitative estimate of drug-likeness (QED) is 0.239. The maximum atomic E-state index is 13.4. The van der Waals surface area contributed by atoms with Gasteiger partial charge in [-0.1, -0.05) is 90.8 Å². The number of carbonyl (C=O) groups is 2. The minimum atomic E-state index is -0.866. The monoisotopic (exact) mass is 544 g/mol. The van der Waals surface area contributed by atoms with Crippen molar-refractivity contribution in [2.24, 2.45) is 0 Å². The molecule has 0 aliphatic heterocycles. The van der Waals surface area contributed by atoms with Crippen LogP contribution in [-0.4, -0.2) is 24.1 Å². The fourth-order valence-electron chi connectivity index (χ4n) is 5.32. The molecule has 0 bridgehead atoms. The number of hydrogen-bond acceptors (Lipinski definition) is 4. The fourth-order valence-corrected chi connectivity index (χ4v) is 6.01. The standard InChI is InChI=1S/C32H26Cl2O4/c1-19-11-9-17-24(33)26(19)28-23-16-10-18-25(34)27(23)20(2)29(37-31(35)21-12-5-3-6-13-21)30(28)38-32(36)22-14-7-4-8-15-22/h3-18,20,28-30H,1-2H3/t20?,28-,29?,30?/m1/s1. The summed E-state index contributed by atoms with van der Waals surface area (Å²) < 4.78 is 12.4. The van der Waals surface area contributed by atoms with Crippen molar-refractivity contribution in [2.75, 3.05) is 0 Å². The van der Waals surface area contributed by atoms with Gasteiger partial charge in [0.05, 0.1) is 17.0 Å². The Hall–Kier alpha value is -3.60. The van der Waals surface area contributed by atoms with E-state index in [1.54, 1.807) is 48.5 Å². The van der Waals surface area contributed by atoms with Crippen molar-refractivity contribution in [1.82, 2.24) is 0 Å². The van der Waals surface area contributed by atoms with Gasteiger partial charge in [-0.25, -0.2) is 9.59 Å². The van der Waals surface area contributed by atoms with Crippen LogP contribution in [0.15, 0.2) is 97.1 Å². The molecule has 4 aromatic rings. The number of carbonyl (C=O) groups excluding carboxylic acids is 2. The fraction of sp³-hybridized carbons (Fsp3) is 0.188. The van der Waals surface area contributed by atoms with Gasteiger partial charge in [0.15, 0.2) is 6.10 Å². The molecule has 0 radical (unpaired) electrons. The third-order valence-electron chi connectivity index (χ3n) is 7.11. The van der Waals surface area contributed by atoms with Gasteiger partial charge in [0.25, 0.3) is 0 Å². The molecule has 38 heavy (non-hydrogen) atoms. The van der Waals surface area contributed by atoms with E-state index in [0.29, 0.717) is 21.2 Å². The maximum absolute atomic E-state index is 13.4. The molecule has 0 spiro atoms. The molecule has 1 aliphatic carbocycles. The van der Waals surface area contributed by atoms with Crippen LogP contribution in [0.2, 0.25) is 10.0 Å². The largest absolute Gasteiger partial charge is 0.454 e. The number of aryl methyl sites for hydroxylation is 1. The Morgan fingerprint density at radius 2 is 1.13 bits per heavy atom. The Balaban J connectivity index is 1.68. The van der Waals surface area contributed by atoms with Crippen molar-refractivity contribution in [1.29, 1.82) is 0 Å². The molecule has 3 unspecified atom stereocenters. The van der Waals surface area contributed by atoms with E-state index >= 15 is 0 Å². The van der Waals surface area contributed by atoms with E-state index in [-0.39, 0.29) is 5.92 Å². The Labute approximate surface area is 232 Å². The summed E-state index contributed by atoms with van der Waals surface area (Å²) in [5.74, 6) is -1.90. The van der Waals surface area contributed by atoms with Crippen LogP contribution in [0.25, 0.3) is 0 Å². The molecule has 0 N–H and O–H groups in total. The number of fused-ring (bicyclic) bond motifs is 1. The molecule has 0 heterocycles. The first-order chi connectivity index (χ1) is 18.4. The summed E-state index contributed by atoms with van der Waals surface area (Å²) in [6.07, 6.45) is -1.70. The van der Waals surface area contributed by atoms with Crippen LogP contribution in [0, 0.1) is 6.92 Å². The first-order valence-corrected chi connectivity index (χ1v) is 13.2. The number of hydrogen-bond donors (Lipinski definition) is 0. The minimum absolute atomic E-state index is 0.362. The van der Waals surface area contributed by atoms with Crippen LogP contribution < -0.4 is 0 Å². The van der Waals surface area contributed by atoms with Crippen molar-refractivity contribution in [3.05, 3.63) is 140 Å². The van der Waals surface area contributed by atoms with Crippen LogP contribution in [0.3, 0.4) is 0 Å². The summed E-state index contributed by atoms with van der Waals surface area (Å²) in [6.45, 7) is 3.90. The van der Waals surface area contributed by atoms with Crippen molar-refractivity contribution in [3.8, 4) is 0 Å². The second kappa shape index (κ2) is 11.0. The highest BCUT2D eigenvalue weighted by Gasteiger charge is 2.48. The van der Waals surface area contributed by atoms with Crippen LogP contribution in [-0.2, 0) is 9.47 Å². The van der Waals surface area contributed by atoms with Gasteiger partial charge in [-0.3, -0.25) is 0 Å². The van der Waals surface area contributed by atoms with E-state index in [9.17, 15) is 9.59 Å². The highest BCUT2D eigenvalue weighted by molar-refractivity contribution is 6.32. The van der Waals surface area contributed by atoms with Gasteiger partial charge in [-0.05, 0) is 65.6 Å². The SMILES string of the molecule is Cc1cccc(Cl)c1[C@H]1c2cccc(Cl)c2C(C)C(OC(=O)c2ccccc2)C1OC(=O)c1ccccc1. The lowest BCUT2D eigenvalue weighted by Gasteiger charge is -2.43. The predicted octanol–water partition coefficient (Wildman–Crippen LogP) is 8.00. The molecule has 1 aliphatic rings. The molecule has 6 heteroatoms. The smallest absolute Gasteiger partial charge is 0.338 e. The van der Waals surface area contributed by atoms with E-state index in [2.05, 4.69) is 0 Å². The Bertz CT molecular complexity index is 1450. The van der Waals surface area contributed by atoms with E-state index in [1.165, 1.54) is 0 Å². The molecular formula is C32H26Cl2O4. The van der Waals surface area contributed by atoms with Crippen molar-refractivity contribution < 1.29 is 19.1 Å². The lowest BCUT2D eigenvalue weighted by atomic mass is 9.70. The van der Waals surface area contributed by atoms with E-state index in [0.717, 1.165) is 22.3 Å². The zero-order valence-corrected chi connectivity index (χ0v) is 22.4. The van der Waals surface area contributed by atoms with Crippen molar-refractivity contribution in [2.45, 2.75) is 37.9 Å². The predicted molar refractivity (Wildman–Crippen MR) is 149 cm³/mol. The summed E-state index contributed by atoms with van der Waals surface area (Å²) in [4.78, 5) is 26.7. The van der Waals surface area contributed by atoms with Crippen LogP contribution in [0.5, 0.6) is 0 Å². The normalized spacial score (nSPS) is 20.3. The molecular weight excluding hydrogens is 519 g/mol. The number of ether oxygens (including phenoxy) is 2. The molecule has 0 amide bonds. The average molecular weight is 545 g/mol. The average Bonchev–Trinajstić information content (AvgIpc) is 2.93. The molecule has 0 saturated carbocycles. The van der Waals surface area contributed by atoms with Crippen LogP contribution in [0.4, 0.5) is 0 Å².